The number of hydrogen-bond acceptors (Lipinski definition) is 2. The molecular formula is C15H22N2O. The standard InChI is InChI=1S/C15H22N2O/c18-15(17-14-9-5-2-6-10-14)12-16-11-13-7-3-1-4-8-13/h1,3-4,7-8,14,16H,2,5-6,9-12H2,(H,17,18). The Hall–Kier alpha value is -1.35. The largest absolute Gasteiger partial charge is 0.352 e. The zero-order valence-corrected chi connectivity index (χ0v) is 10.8. The predicted molar refractivity (Wildman–Crippen MR) is 73.2 cm³/mol. The normalized spacial score (nSPS) is 16.4. The summed E-state index contributed by atoms with van der Waals surface area (Å²) < 4.78 is 0. The summed E-state index contributed by atoms with van der Waals surface area (Å²) in [6.45, 7) is 1.16. The number of rotatable bonds is 5. The van der Waals surface area contributed by atoms with E-state index >= 15 is 0 Å². The van der Waals surface area contributed by atoms with Crippen molar-refractivity contribution in [2.45, 2.75) is 44.7 Å². The van der Waals surface area contributed by atoms with Gasteiger partial charge in [0.25, 0.3) is 0 Å². The molecule has 1 saturated carbocycles. The minimum Gasteiger partial charge on any atom is -0.352 e. The molecule has 0 radical (unpaired) electrons. The summed E-state index contributed by atoms with van der Waals surface area (Å²) in [4.78, 5) is 11.7. The van der Waals surface area contributed by atoms with E-state index < -0.39 is 0 Å². The lowest BCUT2D eigenvalue weighted by atomic mass is 9.95. The molecular weight excluding hydrogens is 224 g/mol. The summed E-state index contributed by atoms with van der Waals surface area (Å²) in [6, 6.07) is 10.6. The third-order valence-electron chi connectivity index (χ3n) is 3.43. The van der Waals surface area contributed by atoms with Crippen LogP contribution in [0.15, 0.2) is 30.3 Å². The van der Waals surface area contributed by atoms with Gasteiger partial charge in [-0.3, -0.25) is 4.79 Å². The highest BCUT2D eigenvalue weighted by Gasteiger charge is 2.14. The Morgan fingerprint density at radius 3 is 2.56 bits per heavy atom. The minimum atomic E-state index is 0.123. The Balaban J connectivity index is 1.62. The number of carbonyl (C=O) groups is 1. The van der Waals surface area contributed by atoms with E-state index in [4.69, 9.17) is 0 Å². The molecule has 0 heterocycles. The smallest absolute Gasteiger partial charge is 0.234 e. The quantitative estimate of drug-likeness (QED) is 0.836. The molecule has 1 fully saturated rings. The number of hydrogen-bond donors (Lipinski definition) is 2. The maximum Gasteiger partial charge on any atom is 0.234 e. The fourth-order valence-electron chi connectivity index (χ4n) is 2.44. The first-order valence-electron chi connectivity index (χ1n) is 6.88. The van der Waals surface area contributed by atoms with Gasteiger partial charge in [0, 0.05) is 12.6 Å². The highest BCUT2D eigenvalue weighted by atomic mass is 16.1. The van der Waals surface area contributed by atoms with E-state index in [-0.39, 0.29) is 5.91 Å². The summed E-state index contributed by atoms with van der Waals surface area (Å²) in [7, 11) is 0. The topological polar surface area (TPSA) is 41.1 Å². The number of benzene rings is 1. The van der Waals surface area contributed by atoms with Crippen molar-refractivity contribution in [1.82, 2.24) is 10.6 Å². The van der Waals surface area contributed by atoms with Crippen LogP contribution < -0.4 is 10.6 Å². The van der Waals surface area contributed by atoms with Crippen molar-refractivity contribution in [3.05, 3.63) is 35.9 Å². The molecule has 3 nitrogen and oxygen atoms in total. The van der Waals surface area contributed by atoms with Gasteiger partial charge in [0.05, 0.1) is 6.54 Å². The summed E-state index contributed by atoms with van der Waals surface area (Å²) in [5.74, 6) is 0.123. The Morgan fingerprint density at radius 2 is 1.83 bits per heavy atom. The summed E-state index contributed by atoms with van der Waals surface area (Å²) in [5.41, 5.74) is 1.21. The second kappa shape index (κ2) is 7.17. The molecule has 0 aromatic heterocycles. The summed E-state index contributed by atoms with van der Waals surface area (Å²) in [6.07, 6.45) is 6.11. The van der Waals surface area contributed by atoms with E-state index in [2.05, 4.69) is 22.8 Å². The van der Waals surface area contributed by atoms with Crippen molar-refractivity contribution in [2.75, 3.05) is 6.54 Å². The van der Waals surface area contributed by atoms with E-state index in [0.29, 0.717) is 12.6 Å². The maximum atomic E-state index is 11.7. The third-order valence-corrected chi connectivity index (χ3v) is 3.43. The average molecular weight is 246 g/mol. The molecule has 0 atom stereocenters. The van der Waals surface area contributed by atoms with Crippen LogP contribution in [-0.2, 0) is 11.3 Å². The van der Waals surface area contributed by atoms with Crippen LogP contribution in [0.2, 0.25) is 0 Å². The van der Waals surface area contributed by atoms with Crippen LogP contribution in [0.1, 0.15) is 37.7 Å². The second-order valence-corrected chi connectivity index (χ2v) is 4.99. The molecule has 2 rings (SSSR count). The lowest BCUT2D eigenvalue weighted by Crippen LogP contribution is -2.41. The molecule has 3 heteroatoms. The van der Waals surface area contributed by atoms with Crippen molar-refractivity contribution in [2.24, 2.45) is 0 Å². The van der Waals surface area contributed by atoms with Crippen molar-refractivity contribution >= 4 is 5.91 Å². The van der Waals surface area contributed by atoms with Gasteiger partial charge in [-0.05, 0) is 18.4 Å². The van der Waals surface area contributed by atoms with E-state index in [1.807, 2.05) is 18.2 Å². The molecule has 1 aliphatic carbocycles. The van der Waals surface area contributed by atoms with Crippen molar-refractivity contribution in [3.63, 3.8) is 0 Å². The van der Waals surface area contributed by atoms with Crippen LogP contribution in [0.3, 0.4) is 0 Å². The van der Waals surface area contributed by atoms with E-state index in [0.717, 1.165) is 19.4 Å². The molecule has 98 valence electrons. The fourth-order valence-corrected chi connectivity index (χ4v) is 2.44. The average Bonchev–Trinajstić information content (AvgIpc) is 2.41. The number of amides is 1. The first-order valence-corrected chi connectivity index (χ1v) is 6.88. The van der Waals surface area contributed by atoms with E-state index in [9.17, 15) is 4.79 Å². The Morgan fingerprint density at radius 1 is 1.11 bits per heavy atom. The molecule has 1 aromatic rings. The highest BCUT2D eigenvalue weighted by molar-refractivity contribution is 5.78. The summed E-state index contributed by atoms with van der Waals surface area (Å²) >= 11 is 0. The zero-order chi connectivity index (χ0) is 12.6. The van der Waals surface area contributed by atoms with E-state index in [1.165, 1.54) is 24.8 Å². The molecule has 0 saturated heterocycles. The van der Waals surface area contributed by atoms with E-state index in [1.54, 1.807) is 0 Å². The Kier molecular flexibility index (Phi) is 5.21. The lowest BCUT2D eigenvalue weighted by molar-refractivity contribution is -0.121. The van der Waals surface area contributed by atoms with Crippen LogP contribution in [0.25, 0.3) is 0 Å². The summed E-state index contributed by atoms with van der Waals surface area (Å²) in [5, 5.41) is 6.28. The van der Waals surface area contributed by atoms with Gasteiger partial charge in [-0.15, -0.1) is 0 Å². The lowest BCUT2D eigenvalue weighted by Gasteiger charge is -2.22. The van der Waals surface area contributed by atoms with Crippen LogP contribution >= 0.6 is 0 Å². The molecule has 0 bridgehead atoms. The van der Waals surface area contributed by atoms with Crippen LogP contribution in [0.4, 0.5) is 0 Å². The van der Waals surface area contributed by atoms with Crippen LogP contribution in [0, 0.1) is 0 Å². The zero-order valence-electron chi connectivity index (χ0n) is 10.8. The number of carbonyl (C=O) groups excluding carboxylic acids is 1. The van der Waals surface area contributed by atoms with Gasteiger partial charge >= 0.3 is 0 Å². The van der Waals surface area contributed by atoms with Gasteiger partial charge in [0.2, 0.25) is 5.91 Å². The Labute approximate surface area is 109 Å². The molecule has 0 spiro atoms. The predicted octanol–water partition coefficient (Wildman–Crippen LogP) is 2.23. The van der Waals surface area contributed by atoms with Gasteiger partial charge in [0.1, 0.15) is 0 Å². The van der Waals surface area contributed by atoms with Crippen molar-refractivity contribution in [1.29, 1.82) is 0 Å². The SMILES string of the molecule is O=C(CNCc1ccccc1)NC1CCCCC1. The molecule has 1 aliphatic rings. The maximum absolute atomic E-state index is 11.7. The number of nitrogens with one attached hydrogen (secondary N) is 2. The van der Waals surface area contributed by atoms with Crippen molar-refractivity contribution < 1.29 is 4.79 Å². The van der Waals surface area contributed by atoms with Gasteiger partial charge in [-0.25, -0.2) is 0 Å². The van der Waals surface area contributed by atoms with Gasteiger partial charge in [-0.1, -0.05) is 49.6 Å². The highest BCUT2D eigenvalue weighted by Crippen LogP contribution is 2.17. The molecule has 18 heavy (non-hydrogen) atoms. The van der Waals surface area contributed by atoms with Crippen LogP contribution in [0.5, 0.6) is 0 Å². The molecule has 1 aromatic carbocycles. The molecule has 0 aliphatic heterocycles. The molecule has 1 amide bonds. The van der Waals surface area contributed by atoms with Gasteiger partial charge in [0.15, 0.2) is 0 Å². The fraction of sp³-hybridized carbons (Fsp3) is 0.533. The van der Waals surface area contributed by atoms with Crippen LogP contribution in [-0.4, -0.2) is 18.5 Å². The molecule has 0 unspecified atom stereocenters. The van der Waals surface area contributed by atoms with Gasteiger partial charge in [-0.2, -0.15) is 0 Å². The first-order chi connectivity index (χ1) is 8.84. The monoisotopic (exact) mass is 246 g/mol. The molecule has 2 N–H and O–H groups in total. The minimum absolute atomic E-state index is 0.123. The second-order valence-electron chi connectivity index (χ2n) is 4.99. The third kappa shape index (κ3) is 4.49. The first kappa shape index (κ1) is 13.1. The van der Waals surface area contributed by atoms with Gasteiger partial charge < -0.3 is 10.6 Å². The Bertz CT molecular complexity index is 358. The van der Waals surface area contributed by atoms with Crippen molar-refractivity contribution in [3.8, 4) is 0 Å².